The van der Waals surface area contributed by atoms with Crippen molar-refractivity contribution in [3.63, 3.8) is 0 Å². The Morgan fingerprint density at radius 1 is 0.949 bits per heavy atom. The van der Waals surface area contributed by atoms with Crippen LogP contribution in [0.4, 0.5) is 11.6 Å². The normalized spacial score (nSPS) is 14.5. The summed E-state index contributed by atoms with van der Waals surface area (Å²) in [7, 11) is 1.86. The number of nitrogens with one attached hydrogen (secondary N) is 2. The Balaban J connectivity index is 1.10. The summed E-state index contributed by atoms with van der Waals surface area (Å²) in [5.41, 5.74) is 3.31. The zero-order valence-electron chi connectivity index (χ0n) is 22.0. The standard InChI is InChI=1S/C30H32N8O/c1-36-28(13-16-31-36)33-27-11-12-29(35-34-27)38-21-23(25-9-5-6-10-26(25)38)19-30(39)32-24-14-17-37(18-15-24)20-22-7-3-2-4-8-22/h2-13,16,21,24H,14-15,17-20H2,1H3,(H,32,39)(H,33,34). The number of amides is 1. The molecule has 6 rings (SSSR count). The van der Waals surface area contributed by atoms with E-state index in [9.17, 15) is 4.79 Å². The first-order valence-electron chi connectivity index (χ1n) is 13.4. The second-order valence-corrected chi connectivity index (χ2v) is 10.1. The molecule has 1 aliphatic heterocycles. The molecular weight excluding hydrogens is 488 g/mol. The molecule has 1 aliphatic rings. The number of likely N-dealkylation sites (tertiary alicyclic amines) is 1. The third kappa shape index (κ3) is 5.68. The van der Waals surface area contributed by atoms with E-state index in [0.29, 0.717) is 18.1 Å². The quantitative estimate of drug-likeness (QED) is 0.318. The van der Waals surface area contributed by atoms with E-state index < -0.39 is 0 Å². The van der Waals surface area contributed by atoms with E-state index in [1.165, 1.54) is 5.56 Å². The Morgan fingerprint density at radius 2 is 1.74 bits per heavy atom. The molecule has 1 fully saturated rings. The Morgan fingerprint density at radius 3 is 2.49 bits per heavy atom. The number of para-hydroxylation sites is 1. The average molecular weight is 521 g/mol. The largest absolute Gasteiger partial charge is 0.353 e. The van der Waals surface area contributed by atoms with Crippen LogP contribution in [-0.4, -0.2) is 54.5 Å². The number of piperidine rings is 1. The van der Waals surface area contributed by atoms with Crippen LogP contribution < -0.4 is 10.6 Å². The number of hydrogen-bond donors (Lipinski definition) is 2. The third-order valence-electron chi connectivity index (χ3n) is 7.32. The fraction of sp³-hybridized carbons (Fsp3) is 0.267. The summed E-state index contributed by atoms with van der Waals surface area (Å²) >= 11 is 0. The van der Waals surface area contributed by atoms with Gasteiger partial charge in [-0.15, -0.1) is 10.2 Å². The number of nitrogens with zero attached hydrogens (tertiary/aromatic N) is 6. The number of carbonyl (C=O) groups excluding carboxylic acids is 1. The maximum atomic E-state index is 13.1. The zero-order chi connectivity index (χ0) is 26.6. The molecule has 0 atom stereocenters. The molecule has 9 heteroatoms. The number of aryl methyl sites for hydroxylation is 1. The van der Waals surface area contributed by atoms with Crippen LogP contribution in [0.5, 0.6) is 0 Å². The van der Waals surface area contributed by atoms with Gasteiger partial charge in [0.05, 0.1) is 18.1 Å². The van der Waals surface area contributed by atoms with Gasteiger partial charge in [-0.2, -0.15) is 5.10 Å². The maximum absolute atomic E-state index is 13.1. The number of aromatic nitrogens is 5. The molecule has 1 amide bonds. The molecule has 0 aliphatic carbocycles. The highest BCUT2D eigenvalue weighted by Crippen LogP contribution is 2.25. The number of hydrogen-bond acceptors (Lipinski definition) is 6. The van der Waals surface area contributed by atoms with E-state index in [4.69, 9.17) is 0 Å². The first-order valence-corrected chi connectivity index (χ1v) is 13.4. The molecule has 9 nitrogen and oxygen atoms in total. The van der Waals surface area contributed by atoms with Crippen molar-refractivity contribution in [1.82, 2.24) is 34.8 Å². The van der Waals surface area contributed by atoms with Crippen LogP contribution in [-0.2, 0) is 24.8 Å². The van der Waals surface area contributed by atoms with Gasteiger partial charge in [0.1, 0.15) is 5.82 Å². The van der Waals surface area contributed by atoms with Crippen molar-refractivity contribution in [2.45, 2.75) is 31.8 Å². The van der Waals surface area contributed by atoms with Crippen molar-refractivity contribution in [2.24, 2.45) is 7.05 Å². The Hall–Kier alpha value is -4.50. The fourth-order valence-electron chi connectivity index (χ4n) is 5.26. The molecule has 39 heavy (non-hydrogen) atoms. The van der Waals surface area contributed by atoms with Gasteiger partial charge in [0, 0.05) is 50.4 Å². The number of anilines is 2. The van der Waals surface area contributed by atoms with Gasteiger partial charge in [0.2, 0.25) is 5.91 Å². The number of carbonyl (C=O) groups is 1. The monoisotopic (exact) mass is 520 g/mol. The summed E-state index contributed by atoms with van der Waals surface area (Å²) in [6.45, 7) is 2.94. The summed E-state index contributed by atoms with van der Waals surface area (Å²) in [5.74, 6) is 2.22. The topological polar surface area (TPSA) is 92.9 Å². The summed E-state index contributed by atoms with van der Waals surface area (Å²) in [6, 6.07) is 24.6. The van der Waals surface area contributed by atoms with Crippen LogP contribution >= 0.6 is 0 Å². The van der Waals surface area contributed by atoms with Gasteiger partial charge in [0.15, 0.2) is 11.6 Å². The van der Waals surface area contributed by atoms with Crippen LogP contribution in [0.15, 0.2) is 85.2 Å². The summed E-state index contributed by atoms with van der Waals surface area (Å²) in [6.07, 6.45) is 5.99. The molecular formula is C30H32N8O. The molecule has 2 aromatic carbocycles. The Labute approximate surface area is 227 Å². The first-order chi connectivity index (χ1) is 19.1. The smallest absolute Gasteiger partial charge is 0.224 e. The Bertz CT molecular complexity index is 1550. The number of benzene rings is 2. The van der Waals surface area contributed by atoms with Crippen molar-refractivity contribution >= 4 is 28.4 Å². The molecule has 3 aromatic heterocycles. The van der Waals surface area contributed by atoms with Crippen molar-refractivity contribution in [3.8, 4) is 5.82 Å². The van der Waals surface area contributed by atoms with Gasteiger partial charge < -0.3 is 10.6 Å². The minimum absolute atomic E-state index is 0.0567. The van der Waals surface area contributed by atoms with E-state index in [1.807, 2.05) is 54.2 Å². The maximum Gasteiger partial charge on any atom is 0.224 e. The molecule has 2 N–H and O–H groups in total. The molecule has 198 valence electrons. The lowest BCUT2D eigenvalue weighted by Crippen LogP contribution is -2.44. The van der Waals surface area contributed by atoms with Gasteiger partial charge in [-0.05, 0) is 42.2 Å². The van der Waals surface area contributed by atoms with Crippen LogP contribution in [0, 0.1) is 0 Å². The van der Waals surface area contributed by atoms with E-state index in [-0.39, 0.29) is 11.9 Å². The van der Waals surface area contributed by atoms with E-state index in [1.54, 1.807) is 10.9 Å². The second kappa shape index (κ2) is 11.1. The molecule has 0 radical (unpaired) electrons. The molecule has 0 unspecified atom stereocenters. The lowest BCUT2D eigenvalue weighted by molar-refractivity contribution is -0.121. The van der Waals surface area contributed by atoms with Crippen molar-refractivity contribution in [3.05, 3.63) is 96.3 Å². The van der Waals surface area contributed by atoms with Crippen LogP contribution in [0.3, 0.4) is 0 Å². The predicted octanol–water partition coefficient (Wildman–Crippen LogP) is 4.22. The Kier molecular flexibility index (Phi) is 7.05. The lowest BCUT2D eigenvalue weighted by Gasteiger charge is -2.32. The van der Waals surface area contributed by atoms with E-state index in [2.05, 4.69) is 67.2 Å². The highest BCUT2D eigenvalue weighted by Gasteiger charge is 2.22. The first kappa shape index (κ1) is 24.8. The van der Waals surface area contributed by atoms with Crippen LogP contribution in [0.2, 0.25) is 0 Å². The molecule has 0 saturated carbocycles. The highest BCUT2D eigenvalue weighted by molar-refractivity contribution is 5.90. The second-order valence-electron chi connectivity index (χ2n) is 10.1. The summed E-state index contributed by atoms with van der Waals surface area (Å²) in [5, 5.41) is 20.5. The van der Waals surface area contributed by atoms with Gasteiger partial charge in [-0.25, -0.2) is 0 Å². The molecule has 5 aromatic rings. The molecule has 1 saturated heterocycles. The fourth-order valence-corrected chi connectivity index (χ4v) is 5.26. The van der Waals surface area contributed by atoms with Crippen LogP contribution in [0.1, 0.15) is 24.0 Å². The number of rotatable bonds is 8. The SMILES string of the molecule is Cn1nccc1Nc1ccc(-n2cc(CC(=O)NC3CCN(Cc4ccccc4)CC3)c3ccccc32)nn1. The van der Waals surface area contributed by atoms with Gasteiger partial charge in [-0.3, -0.25) is 18.9 Å². The minimum Gasteiger partial charge on any atom is -0.353 e. The highest BCUT2D eigenvalue weighted by atomic mass is 16.1. The van der Waals surface area contributed by atoms with E-state index in [0.717, 1.165) is 54.8 Å². The summed E-state index contributed by atoms with van der Waals surface area (Å²) in [4.78, 5) is 15.6. The van der Waals surface area contributed by atoms with Crippen molar-refractivity contribution in [2.75, 3.05) is 18.4 Å². The minimum atomic E-state index is 0.0567. The molecule has 0 spiro atoms. The lowest BCUT2D eigenvalue weighted by atomic mass is 10.0. The van der Waals surface area contributed by atoms with Gasteiger partial charge in [0.25, 0.3) is 0 Å². The zero-order valence-corrected chi connectivity index (χ0v) is 22.0. The van der Waals surface area contributed by atoms with Crippen LogP contribution in [0.25, 0.3) is 16.7 Å². The van der Waals surface area contributed by atoms with Gasteiger partial charge in [-0.1, -0.05) is 48.5 Å². The third-order valence-corrected chi connectivity index (χ3v) is 7.32. The summed E-state index contributed by atoms with van der Waals surface area (Å²) < 4.78 is 3.74. The van der Waals surface area contributed by atoms with E-state index >= 15 is 0 Å². The number of fused-ring (bicyclic) bond motifs is 1. The van der Waals surface area contributed by atoms with Crippen molar-refractivity contribution < 1.29 is 4.79 Å². The molecule has 4 heterocycles. The predicted molar refractivity (Wildman–Crippen MR) is 152 cm³/mol. The van der Waals surface area contributed by atoms with Gasteiger partial charge >= 0.3 is 0 Å². The average Bonchev–Trinajstić information content (AvgIpc) is 3.54. The van der Waals surface area contributed by atoms with Crippen molar-refractivity contribution in [1.29, 1.82) is 0 Å². The molecule has 0 bridgehead atoms.